The molecular formula is C17H27NO3. The number of carbonyl (C=O) groups is 1. The van der Waals surface area contributed by atoms with E-state index in [9.17, 15) is 4.79 Å². The third-order valence-corrected chi connectivity index (χ3v) is 6.34. The Bertz CT molecular complexity index is 387. The topological polar surface area (TPSA) is 38.8 Å². The highest BCUT2D eigenvalue weighted by Crippen LogP contribution is 2.60. The summed E-state index contributed by atoms with van der Waals surface area (Å²) >= 11 is 0. The molecule has 4 bridgehead atoms. The van der Waals surface area contributed by atoms with Gasteiger partial charge in [0.05, 0.1) is 13.7 Å². The Morgan fingerprint density at radius 1 is 1.19 bits per heavy atom. The molecule has 4 saturated carbocycles. The lowest BCUT2D eigenvalue weighted by Crippen LogP contribution is -2.55. The molecular weight excluding hydrogens is 266 g/mol. The molecule has 5 fully saturated rings. The van der Waals surface area contributed by atoms with Crippen LogP contribution in [0.5, 0.6) is 0 Å². The first-order chi connectivity index (χ1) is 10.2. The van der Waals surface area contributed by atoms with E-state index < -0.39 is 0 Å². The predicted molar refractivity (Wildman–Crippen MR) is 78.8 cm³/mol. The Hall–Kier alpha value is -0.610. The summed E-state index contributed by atoms with van der Waals surface area (Å²) in [6.45, 7) is 3.52. The van der Waals surface area contributed by atoms with Crippen molar-refractivity contribution < 1.29 is 14.3 Å². The first kappa shape index (κ1) is 14.0. The number of rotatable bonds is 3. The number of methoxy groups -OCH3 is 1. The number of ether oxygens (including phenoxy) is 2. The molecule has 0 aromatic carbocycles. The predicted octanol–water partition coefficient (Wildman–Crippen LogP) is 2.08. The van der Waals surface area contributed by atoms with Crippen LogP contribution >= 0.6 is 0 Å². The zero-order chi connectivity index (χ0) is 14.4. The minimum atomic E-state index is -0.377. The Kier molecular flexibility index (Phi) is 3.49. The number of carbonyl (C=O) groups excluding carboxylic acids is 1. The smallest absolute Gasteiger partial charge is 0.336 e. The standard InChI is InChI=1S/C17H27NO3/c1-20-16(19)15-10-18(2-3-21-15)11-17-7-12-4-13(8-17)6-14(5-12)9-17/h12-15H,2-11H2,1H3. The van der Waals surface area contributed by atoms with Gasteiger partial charge in [-0.2, -0.15) is 0 Å². The first-order valence-electron chi connectivity index (χ1n) is 8.57. The minimum absolute atomic E-state index is 0.217. The van der Waals surface area contributed by atoms with Crippen LogP contribution in [0.4, 0.5) is 0 Å². The number of hydrogen-bond donors (Lipinski definition) is 0. The molecule has 1 saturated heterocycles. The Morgan fingerprint density at radius 3 is 2.38 bits per heavy atom. The molecule has 118 valence electrons. The molecule has 4 nitrogen and oxygen atoms in total. The van der Waals surface area contributed by atoms with Crippen molar-refractivity contribution in [2.45, 2.75) is 44.6 Å². The van der Waals surface area contributed by atoms with E-state index in [1.54, 1.807) is 0 Å². The Balaban J connectivity index is 1.42. The molecule has 1 atom stereocenters. The van der Waals surface area contributed by atoms with Crippen molar-refractivity contribution in [1.82, 2.24) is 4.90 Å². The lowest BCUT2D eigenvalue weighted by molar-refractivity contribution is -0.162. The van der Waals surface area contributed by atoms with Crippen LogP contribution in [0, 0.1) is 23.2 Å². The number of esters is 1. The van der Waals surface area contributed by atoms with Gasteiger partial charge in [0.1, 0.15) is 0 Å². The third-order valence-electron chi connectivity index (χ3n) is 6.34. The van der Waals surface area contributed by atoms with Crippen LogP contribution in [0.15, 0.2) is 0 Å². The zero-order valence-corrected chi connectivity index (χ0v) is 13.1. The Morgan fingerprint density at radius 2 is 1.81 bits per heavy atom. The van der Waals surface area contributed by atoms with Crippen molar-refractivity contribution in [3.8, 4) is 0 Å². The van der Waals surface area contributed by atoms with Gasteiger partial charge in [-0.25, -0.2) is 4.79 Å². The molecule has 0 spiro atoms. The molecule has 4 heteroatoms. The molecule has 1 aliphatic heterocycles. The summed E-state index contributed by atoms with van der Waals surface area (Å²) < 4.78 is 10.4. The van der Waals surface area contributed by atoms with Gasteiger partial charge >= 0.3 is 5.97 Å². The van der Waals surface area contributed by atoms with Crippen LogP contribution in [0.25, 0.3) is 0 Å². The molecule has 0 radical (unpaired) electrons. The van der Waals surface area contributed by atoms with Crippen LogP contribution in [0.1, 0.15) is 38.5 Å². The summed E-state index contributed by atoms with van der Waals surface area (Å²) in [6, 6.07) is 0. The van der Waals surface area contributed by atoms with Crippen LogP contribution in [0.3, 0.4) is 0 Å². The van der Waals surface area contributed by atoms with Gasteiger partial charge in [0.25, 0.3) is 0 Å². The fourth-order valence-electron chi connectivity index (χ4n) is 6.08. The monoisotopic (exact) mass is 293 g/mol. The quantitative estimate of drug-likeness (QED) is 0.747. The zero-order valence-electron chi connectivity index (χ0n) is 13.1. The van der Waals surface area contributed by atoms with Crippen LogP contribution in [-0.4, -0.2) is 50.3 Å². The van der Waals surface area contributed by atoms with Gasteiger partial charge in [-0.3, -0.25) is 4.90 Å². The van der Waals surface area contributed by atoms with Crippen molar-refractivity contribution in [2.75, 3.05) is 33.4 Å². The molecule has 0 aromatic rings. The molecule has 5 aliphatic rings. The molecule has 5 rings (SSSR count). The number of nitrogens with zero attached hydrogens (tertiary/aromatic N) is 1. The van der Waals surface area contributed by atoms with Crippen molar-refractivity contribution in [1.29, 1.82) is 0 Å². The van der Waals surface area contributed by atoms with Crippen LogP contribution in [0.2, 0.25) is 0 Å². The molecule has 0 N–H and O–H groups in total. The maximum absolute atomic E-state index is 11.7. The first-order valence-corrected chi connectivity index (χ1v) is 8.57. The van der Waals surface area contributed by atoms with E-state index >= 15 is 0 Å². The van der Waals surface area contributed by atoms with E-state index in [1.807, 2.05) is 0 Å². The summed E-state index contributed by atoms with van der Waals surface area (Å²) in [5.74, 6) is 2.77. The van der Waals surface area contributed by atoms with Crippen LogP contribution < -0.4 is 0 Å². The van der Waals surface area contributed by atoms with Gasteiger partial charge in [0.15, 0.2) is 6.10 Å². The van der Waals surface area contributed by atoms with Gasteiger partial charge in [-0.1, -0.05) is 0 Å². The summed E-state index contributed by atoms with van der Waals surface area (Å²) in [4.78, 5) is 14.2. The maximum atomic E-state index is 11.7. The highest BCUT2D eigenvalue weighted by atomic mass is 16.6. The lowest BCUT2D eigenvalue weighted by atomic mass is 9.49. The largest absolute Gasteiger partial charge is 0.467 e. The van der Waals surface area contributed by atoms with Gasteiger partial charge in [-0.05, 0) is 61.7 Å². The van der Waals surface area contributed by atoms with Crippen LogP contribution in [-0.2, 0) is 14.3 Å². The average Bonchev–Trinajstić information content (AvgIpc) is 2.44. The minimum Gasteiger partial charge on any atom is -0.467 e. The molecule has 0 amide bonds. The van der Waals surface area contributed by atoms with Crippen molar-refractivity contribution in [3.05, 3.63) is 0 Å². The van der Waals surface area contributed by atoms with Crippen molar-refractivity contribution >= 4 is 5.97 Å². The Labute approximate surface area is 127 Å². The van der Waals surface area contributed by atoms with Gasteiger partial charge < -0.3 is 9.47 Å². The van der Waals surface area contributed by atoms with E-state index in [-0.39, 0.29) is 12.1 Å². The normalized spacial score (nSPS) is 45.8. The van der Waals surface area contributed by atoms with Crippen molar-refractivity contribution in [2.24, 2.45) is 23.2 Å². The number of morpholine rings is 1. The second-order valence-electron chi connectivity index (χ2n) is 8.04. The highest BCUT2D eigenvalue weighted by Gasteiger charge is 2.51. The molecule has 4 aliphatic carbocycles. The average molecular weight is 293 g/mol. The summed E-state index contributed by atoms with van der Waals surface area (Å²) in [5.41, 5.74) is 0.548. The van der Waals surface area contributed by atoms with E-state index in [0.717, 1.165) is 24.3 Å². The van der Waals surface area contributed by atoms with Gasteiger partial charge in [0, 0.05) is 19.6 Å². The van der Waals surface area contributed by atoms with E-state index in [1.165, 1.54) is 52.2 Å². The fraction of sp³-hybridized carbons (Fsp3) is 0.941. The number of hydrogen-bond acceptors (Lipinski definition) is 4. The lowest BCUT2D eigenvalue weighted by Gasteiger charge is -2.58. The maximum Gasteiger partial charge on any atom is 0.336 e. The molecule has 1 heterocycles. The molecule has 21 heavy (non-hydrogen) atoms. The molecule has 0 aromatic heterocycles. The third kappa shape index (κ3) is 2.61. The van der Waals surface area contributed by atoms with Gasteiger partial charge in [-0.15, -0.1) is 0 Å². The van der Waals surface area contributed by atoms with E-state index in [0.29, 0.717) is 18.6 Å². The fourth-order valence-corrected chi connectivity index (χ4v) is 6.08. The second-order valence-corrected chi connectivity index (χ2v) is 8.04. The van der Waals surface area contributed by atoms with Crippen molar-refractivity contribution in [3.63, 3.8) is 0 Å². The highest BCUT2D eigenvalue weighted by molar-refractivity contribution is 5.74. The van der Waals surface area contributed by atoms with E-state index in [2.05, 4.69) is 4.90 Å². The summed E-state index contributed by atoms with van der Waals surface area (Å²) in [7, 11) is 1.45. The summed E-state index contributed by atoms with van der Waals surface area (Å²) in [5, 5.41) is 0. The van der Waals surface area contributed by atoms with E-state index in [4.69, 9.17) is 9.47 Å². The second kappa shape index (κ2) is 5.24. The summed E-state index contributed by atoms with van der Waals surface area (Å²) in [6.07, 6.45) is 8.39. The molecule has 1 unspecified atom stereocenters. The van der Waals surface area contributed by atoms with Gasteiger partial charge in [0.2, 0.25) is 0 Å². The SMILES string of the molecule is COC(=O)C1CN(CC23CC4CC(CC(C4)C2)C3)CCO1.